The Morgan fingerprint density at radius 2 is 0.885 bits per heavy atom. The van der Waals surface area contributed by atoms with Gasteiger partial charge in [0, 0.05) is 45.4 Å². The van der Waals surface area contributed by atoms with Gasteiger partial charge in [0.05, 0.1) is 62.0 Å². The largest absolute Gasteiger partial charge is 0.497 e. The van der Waals surface area contributed by atoms with Gasteiger partial charge in [-0.2, -0.15) is 0 Å². The van der Waals surface area contributed by atoms with E-state index in [1.165, 1.54) is 0 Å². The Hall–Kier alpha value is -6.94. The number of methoxy groups -OCH3 is 4. The standard InChI is InChI=1S/C42H34N4O6/c1-49-27-17-19-31(39(21-27)51-3)37-23-33(29-9-5-7-11-35(29)45-37)41(47)43-25-13-15-26(16-14-25)44-42(48)34-24-38(46-36-12-8-6-10-30(34)36)32-20-18-28(50-2)22-40(32)52-4/h5-24H,1-4H3,(H,43,47)(H,44,48). The number of benzene rings is 5. The van der Waals surface area contributed by atoms with E-state index in [1.807, 2.05) is 72.8 Å². The van der Waals surface area contributed by atoms with Gasteiger partial charge in [0.15, 0.2) is 0 Å². The maximum atomic E-state index is 13.8. The van der Waals surface area contributed by atoms with Crippen LogP contribution in [0.15, 0.2) is 121 Å². The van der Waals surface area contributed by atoms with Crippen molar-refractivity contribution >= 4 is 45.0 Å². The molecule has 2 heterocycles. The van der Waals surface area contributed by atoms with Gasteiger partial charge < -0.3 is 29.6 Å². The summed E-state index contributed by atoms with van der Waals surface area (Å²) in [5.41, 5.74) is 5.94. The summed E-state index contributed by atoms with van der Waals surface area (Å²) in [4.78, 5) is 37.2. The third kappa shape index (κ3) is 6.65. The van der Waals surface area contributed by atoms with Crippen molar-refractivity contribution in [3.8, 4) is 45.5 Å². The van der Waals surface area contributed by atoms with Gasteiger partial charge in [0.25, 0.3) is 11.8 Å². The van der Waals surface area contributed by atoms with Gasteiger partial charge in [-0.05, 0) is 72.8 Å². The fourth-order valence-corrected chi connectivity index (χ4v) is 6.06. The summed E-state index contributed by atoms with van der Waals surface area (Å²) in [5, 5.41) is 7.40. The first-order valence-electron chi connectivity index (χ1n) is 16.4. The molecule has 7 rings (SSSR count). The van der Waals surface area contributed by atoms with Crippen molar-refractivity contribution < 1.29 is 28.5 Å². The van der Waals surface area contributed by atoms with E-state index in [9.17, 15) is 9.59 Å². The predicted octanol–water partition coefficient (Wildman–Crippen LogP) is 8.66. The van der Waals surface area contributed by atoms with Gasteiger partial charge in [-0.1, -0.05) is 36.4 Å². The van der Waals surface area contributed by atoms with Gasteiger partial charge in [0.1, 0.15) is 23.0 Å². The molecule has 7 aromatic rings. The number of ether oxygens (including phenoxy) is 4. The Morgan fingerprint density at radius 1 is 0.481 bits per heavy atom. The fraction of sp³-hybridized carbons (Fsp3) is 0.0952. The number of carbonyl (C=O) groups excluding carboxylic acids is 2. The summed E-state index contributed by atoms with van der Waals surface area (Å²) in [6.07, 6.45) is 0. The van der Waals surface area contributed by atoms with Crippen molar-refractivity contribution in [3.63, 3.8) is 0 Å². The fourth-order valence-electron chi connectivity index (χ4n) is 6.06. The molecule has 0 fully saturated rings. The second-order valence-electron chi connectivity index (χ2n) is 11.8. The van der Waals surface area contributed by atoms with Crippen LogP contribution in [0.4, 0.5) is 11.4 Å². The van der Waals surface area contributed by atoms with Gasteiger partial charge in [-0.15, -0.1) is 0 Å². The summed E-state index contributed by atoms with van der Waals surface area (Å²) >= 11 is 0. The van der Waals surface area contributed by atoms with Crippen molar-refractivity contribution in [2.75, 3.05) is 39.1 Å². The van der Waals surface area contributed by atoms with E-state index < -0.39 is 0 Å². The summed E-state index contributed by atoms with van der Waals surface area (Å²) in [7, 11) is 6.34. The molecule has 258 valence electrons. The zero-order valence-electron chi connectivity index (χ0n) is 28.9. The molecule has 0 bridgehead atoms. The maximum absolute atomic E-state index is 13.8. The van der Waals surface area contributed by atoms with E-state index in [-0.39, 0.29) is 11.8 Å². The first kappa shape index (κ1) is 33.6. The number of amides is 2. The molecule has 2 aromatic heterocycles. The van der Waals surface area contributed by atoms with Gasteiger partial charge >= 0.3 is 0 Å². The van der Waals surface area contributed by atoms with Crippen LogP contribution in [0.1, 0.15) is 20.7 Å². The molecule has 0 saturated heterocycles. The minimum absolute atomic E-state index is 0.311. The van der Waals surface area contributed by atoms with E-state index in [4.69, 9.17) is 28.9 Å². The quantitative estimate of drug-likeness (QED) is 0.146. The Bertz CT molecular complexity index is 2290. The highest BCUT2D eigenvalue weighted by molar-refractivity contribution is 6.14. The minimum Gasteiger partial charge on any atom is -0.497 e. The lowest BCUT2D eigenvalue weighted by atomic mass is 10.0. The van der Waals surface area contributed by atoms with Crippen molar-refractivity contribution in [2.24, 2.45) is 0 Å². The summed E-state index contributed by atoms with van der Waals surface area (Å²) < 4.78 is 21.9. The monoisotopic (exact) mass is 690 g/mol. The lowest BCUT2D eigenvalue weighted by Gasteiger charge is -2.14. The molecule has 10 heteroatoms. The predicted molar refractivity (Wildman–Crippen MR) is 203 cm³/mol. The number of aromatic nitrogens is 2. The summed E-state index contributed by atoms with van der Waals surface area (Å²) in [6.45, 7) is 0. The third-order valence-corrected chi connectivity index (χ3v) is 8.69. The van der Waals surface area contributed by atoms with Crippen LogP contribution in [0, 0.1) is 0 Å². The zero-order chi connectivity index (χ0) is 36.2. The number of pyridine rings is 2. The second kappa shape index (κ2) is 14.5. The van der Waals surface area contributed by atoms with Crippen molar-refractivity contribution in [1.29, 1.82) is 0 Å². The number of rotatable bonds is 10. The van der Waals surface area contributed by atoms with Crippen molar-refractivity contribution in [3.05, 3.63) is 132 Å². The highest BCUT2D eigenvalue weighted by atomic mass is 16.5. The average molecular weight is 691 g/mol. The van der Waals surface area contributed by atoms with E-state index in [0.717, 1.165) is 11.1 Å². The Labute approximate surface area is 300 Å². The minimum atomic E-state index is -0.311. The smallest absolute Gasteiger partial charge is 0.256 e. The summed E-state index contributed by atoms with van der Waals surface area (Å²) in [5.74, 6) is 1.81. The number of carbonyl (C=O) groups is 2. The molecular weight excluding hydrogens is 656 g/mol. The van der Waals surface area contributed by atoms with Crippen LogP contribution in [0.25, 0.3) is 44.3 Å². The van der Waals surface area contributed by atoms with Crippen LogP contribution in [0.5, 0.6) is 23.0 Å². The zero-order valence-corrected chi connectivity index (χ0v) is 28.9. The first-order valence-corrected chi connectivity index (χ1v) is 16.4. The lowest BCUT2D eigenvalue weighted by Crippen LogP contribution is -2.14. The van der Waals surface area contributed by atoms with E-state index in [1.54, 1.807) is 77.0 Å². The van der Waals surface area contributed by atoms with Crippen molar-refractivity contribution in [1.82, 2.24) is 9.97 Å². The highest BCUT2D eigenvalue weighted by Crippen LogP contribution is 2.36. The van der Waals surface area contributed by atoms with Crippen molar-refractivity contribution in [2.45, 2.75) is 0 Å². The second-order valence-corrected chi connectivity index (χ2v) is 11.8. The maximum Gasteiger partial charge on any atom is 0.256 e. The van der Waals surface area contributed by atoms with Crippen LogP contribution in [-0.4, -0.2) is 50.2 Å². The van der Waals surface area contributed by atoms with Crippen LogP contribution in [0.3, 0.4) is 0 Å². The first-order chi connectivity index (χ1) is 25.4. The molecular formula is C42H34N4O6. The molecule has 0 atom stereocenters. The number of hydrogen-bond donors (Lipinski definition) is 2. The lowest BCUT2D eigenvalue weighted by molar-refractivity contribution is 0.102. The Kier molecular flexibility index (Phi) is 9.36. The average Bonchev–Trinajstić information content (AvgIpc) is 3.20. The molecule has 52 heavy (non-hydrogen) atoms. The number of fused-ring (bicyclic) bond motifs is 2. The van der Waals surface area contributed by atoms with Crippen LogP contribution in [-0.2, 0) is 0 Å². The van der Waals surface area contributed by atoms with Gasteiger partial charge in [-0.25, -0.2) is 9.97 Å². The molecule has 5 aromatic carbocycles. The number of nitrogens with zero attached hydrogens (tertiary/aromatic N) is 2. The normalized spacial score (nSPS) is 10.8. The van der Waals surface area contributed by atoms with Gasteiger partial charge in [0.2, 0.25) is 0 Å². The molecule has 0 aliphatic carbocycles. The van der Waals surface area contributed by atoms with Crippen LogP contribution < -0.4 is 29.6 Å². The van der Waals surface area contributed by atoms with Crippen LogP contribution >= 0.6 is 0 Å². The Balaban J connectivity index is 1.14. The number of para-hydroxylation sites is 2. The molecule has 0 radical (unpaired) electrons. The van der Waals surface area contributed by atoms with E-state index in [0.29, 0.717) is 78.7 Å². The molecule has 0 unspecified atom stereocenters. The van der Waals surface area contributed by atoms with E-state index in [2.05, 4.69) is 10.6 Å². The van der Waals surface area contributed by atoms with Gasteiger partial charge in [-0.3, -0.25) is 9.59 Å². The highest BCUT2D eigenvalue weighted by Gasteiger charge is 2.19. The topological polar surface area (TPSA) is 121 Å². The number of hydrogen-bond acceptors (Lipinski definition) is 8. The third-order valence-electron chi connectivity index (χ3n) is 8.69. The Morgan fingerprint density at radius 3 is 1.27 bits per heavy atom. The molecule has 2 N–H and O–H groups in total. The van der Waals surface area contributed by atoms with E-state index >= 15 is 0 Å². The number of anilines is 2. The SMILES string of the molecule is COc1ccc(-c2cc(C(=O)Nc3ccc(NC(=O)c4cc(-c5ccc(OC)cc5OC)nc5ccccc45)cc3)c3ccccc3n2)c(OC)c1. The molecule has 0 aliphatic rings. The summed E-state index contributed by atoms with van der Waals surface area (Å²) in [6, 6.07) is 36.3. The molecule has 2 amide bonds. The van der Waals surface area contributed by atoms with Crippen LogP contribution in [0.2, 0.25) is 0 Å². The molecule has 10 nitrogen and oxygen atoms in total. The molecule has 0 spiro atoms. The molecule has 0 aliphatic heterocycles. The molecule has 0 saturated carbocycles. The number of nitrogens with one attached hydrogen (secondary N) is 2.